The van der Waals surface area contributed by atoms with Crippen molar-refractivity contribution in [2.45, 2.75) is 18.8 Å². The predicted molar refractivity (Wildman–Crippen MR) is 57.4 cm³/mol. The van der Waals surface area contributed by atoms with Crippen molar-refractivity contribution in [3.8, 4) is 0 Å². The summed E-state index contributed by atoms with van der Waals surface area (Å²) in [4.78, 5) is 27.0. The molecule has 0 radical (unpaired) electrons. The Morgan fingerprint density at radius 2 is 2.39 bits per heavy atom. The Kier molecular flexibility index (Phi) is 3.00. The zero-order valence-corrected chi connectivity index (χ0v) is 9.34. The summed E-state index contributed by atoms with van der Waals surface area (Å²) in [5, 5.41) is 7.34. The number of urea groups is 1. The molecule has 1 aromatic heterocycles. The summed E-state index contributed by atoms with van der Waals surface area (Å²) in [6, 6.07) is 2.40. The third-order valence-electron chi connectivity index (χ3n) is 2.32. The van der Waals surface area contributed by atoms with E-state index in [-0.39, 0.29) is 0 Å². The van der Waals surface area contributed by atoms with Gasteiger partial charge in [-0.15, -0.1) is 0 Å². The Labute approximate surface area is 101 Å². The van der Waals surface area contributed by atoms with E-state index in [0.717, 1.165) is 6.92 Å². The maximum Gasteiger partial charge on any atom is 0.324 e. The number of amides is 3. The number of carbonyl (C=O) groups is 2. The number of halogens is 1. The molecule has 18 heavy (non-hydrogen) atoms. The van der Waals surface area contributed by atoms with E-state index < -0.39 is 23.8 Å². The number of nitrogens with one attached hydrogen (secondary N) is 2. The minimum atomic E-state index is -2.41. The topological polar surface area (TPSA) is 92.9 Å². The molecule has 7 nitrogen and oxygen atoms in total. The molecule has 96 valence electrons. The second-order valence-corrected chi connectivity index (χ2v) is 3.74. The highest BCUT2D eigenvalue weighted by atomic mass is 19.1. The second-order valence-electron chi connectivity index (χ2n) is 3.74. The smallest absolute Gasteiger partial charge is 0.324 e. The monoisotopic (exact) mass is 255 g/mol. The molecule has 2 rings (SSSR count). The Bertz CT molecular complexity index is 483. The van der Waals surface area contributed by atoms with Crippen molar-refractivity contribution in [1.29, 1.82) is 0 Å². The molecule has 2 unspecified atom stereocenters. The highest BCUT2D eigenvalue weighted by molar-refractivity contribution is 6.01. The van der Waals surface area contributed by atoms with Crippen LogP contribution in [0.15, 0.2) is 28.0 Å². The van der Waals surface area contributed by atoms with Gasteiger partial charge < -0.3 is 9.25 Å². The van der Waals surface area contributed by atoms with E-state index in [1.54, 1.807) is 17.4 Å². The SMILES string of the molecule is CC1(F)C(=O)NC(=O)NC1ON=Cc1ccco1. The van der Waals surface area contributed by atoms with E-state index in [9.17, 15) is 14.0 Å². The van der Waals surface area contributed by atoms with Crippen LogP contribution in [-0.2, 0) is 9.63 Å². The highest BCUT2D eigenvalue weighted by Gasteiger charge is 2.49. The summed E-state index contributed by atoms with van der Waals surface area (Å²) in [7, 11) is 0. The summed E-state index contributed by atoms with van der Waals surface area (Å²) < 4.78 is 18.8. The molecule has 8 heteroatoms. The van der Waals surface area contributed by atoms with E-state index in [1.165, 1.54) is 12.5 Å². The van der Waals surface area contributed by atoms with Crippen molar-refractivity contribution in [3.05, 3.63) is 24.2 Å². The molecule has 0 saturated carbocycles. The fourth-order valence-electron chi connectivity index (χ4n) is 1.27. The van der Waals surface area contributed by atoms with Crippen LogP contribution in [0.2, 0.25) is 0 Å². The molecule has 0 spiro atoms. The fraction of sp³-hybridized carbons (Fsp3) is 0.300. The van der Waals surface area contributed by atoms with Crippen LogP contribution < -0.4 is 10.6 Å². The van der Waals surface area contributed by atoms with Gasteiger partial charge in [0.1, 0.15) is 12.0 Å². The van der Waals surface area contributed by atoms with Crippen LogP contribution in [0.25, 0.3) is 0 Å². The number of nitrogens with zero attached hydrogens (tertiary/aromatic N) is 1. The lowest BCUT2D eigenvalue weighted by Crippen LogP contribution is -2.66. The standard InChI is InChI=1S/C10H10FN3O4/c1-10(11)7(15)13-9(16)14-8(10)18-12-5-6-3-2-4-17-6/h2-5,8H,1H3,(H2,13,14,15,16). The number of oxime groups is 1. The molecular formula is C10H10FN3O4. The average Bonchev–Trinajstić information content (AvgIpc) is 2.78. The van der Waals surface area contributed by atoms with Crippen LogP contribution in [0.5, 0.6) is 0 Å². The van der Waals surface area contributed by atoms with Gasteiger partial charge >= 0.3 is 6.03 Å². The van der Waals surface area contributed by atoms with Crippen LogP contribution in [0.3, 0.4) is 0 Å². The molecule has 1 fully saturated rings. The van der Waals surface area contributed by atoms with Gasteiger partial charge in [0.05, 0.1) is 6.26 Å². The van der Waals surface area contributed by atoms with Crippen LogP contribution in [0.1, 0.15) is 12.7 Å². The van der Waals surface area contributed by atoms with Gasteiger partial charge in [0.15, 0.2) is 0 Å². The summed E-state index contributed by atoms with van der Waals surface area (Å²) in [6.45, 7) is 0.981. The molecule has 1 saturated heterocycles. The maximum absolute atomic E-state index is 13.9. The molecule has 2 N–H and O–H groups in total. The van der Waals surface area contributed by atoms with Crippen molar-refractivity contribution >= 4 is 18.2 Å². The predicted octanol–water partition coefficient (Wildman–Crippen LogP) is 0.524. The molecule has 1 aliphatic rings. The lowest BCUT2D eigenvalue weighted by Gasteiger charge is -2.31. The number of alkyl halides is 1. The first kappa shape index (κ1) is 12.1. The molecular weight excluding hydrogens is 245 g/mol. The van der Waals surface area contributed by atoms with Crippen LogP contribution in [-0.4, -0.2) is 30.0 Å². The van der Waals surface area contributed by atoms with Crippen molar-refractivity contribution in [1.82, 2.24) is 10.6 Å². The lowest BCUT2D eigenvalue weighted by molar-refractivity contribution is -0.147. The quantitative estimate of drug-likeness (QED) is 0.608. The normalized spacial score (nSPS) is 28.0. The molecule has 2 atom stereocenters. The molecule has 0 bridgehead atoms. The van der Waals surface area contributed by atoms with Gasteiger partial charge in [0.25, 0.3) is 5.91 Å². The number of carbonyl (C=O) groups excluding carboxylic acids is 2. The third kappa shape index (κ3) is 2.31. The number of hydrogen-bond donors (Lipinski definition) is 2. The molecule has 1 aliphatic heterocycles. The summed E-state index contributed by atoms with van der Waals surface area (Å²) in [5.41, 5.74) is -2.41. The molecule has 2 heterocycles. The number of hydrogen-bond acceptors (Lipinski definition) is 5. The van der Waals surface area contributed by atoms with Crippen molar-refractivity contribution in [3.63, 3.8) is 0 Å². The minimum Gasteiger partial charge on any atom is -0.463 e. The zero-order chi connectivity index (χ0) is 13.2. The summed E-state index contributed by atoms with van der Waals surface area (Å²) in [6.07, 6.45) is 1.12. The van der Waals surface area contributed by atoms with E-state index in [1.807, 2.05) is 0 Å². The second kappa shape index (κ2) is 4.47. The zero-order valence-electron chi connectivity index (χ0n) is 9.34. The lowest BCUT2D eigenvalue weighted by atomic mass is 10.0. The average molecular weight is 255 g/mol. The van der Waals surface area contributed by atoms with Crippen LogP contribution in [0.4, 0.5) is 9.18 Å². The number of rotatable bonds is 3. The van der Waals surface area contributed by atoms with E-state index in [2.05, 4.69) is 10.5 Å². The minimum absolute atomic E-state index is 0.391. The summed E-state index contributed by atoms with van der Waals surface area (Å²) in [5.74, 6) is -0.688. The molecule has 0 aromatic carbocycles. The van der Waals surface area contributed by atoms with Crippen LogP contribution in [0, 0.1) is 0 Å². The van der Waals surface area contributed by atoms with Gasteiger partial charge in [0.2, 0.25) is 11.9 Å². The molecule has 1 aromatic rings. The van der Waals surface area contributed by atoms with Gasteiger partial charge in [-0.3, -0.25) is 15.4 Å². The van der Waals surface area contributed by atoms with Gasteiger partial charge in [-0.1, -0.05) is 5.16 Å². The maximum atomic E-state index is 13.9. The van der Waals surface area contributed by atoms with E-state index in [4.69, 9.17) is 9.25 Å². The summed E-state index contributed by atoms with van der Waals surface area (Å²) >= 11 is 0. The molecule has 0 aliphatic carbocycles. The van der Waals surface area contributed by atoms with Crippen molar-refractivity contribution in [2.75, 3.05) is 0 Å². The first-order valence-corrected chi connectivity index (χ1v) is 5.03. The largest absolute Gasteiger partial charge is 0.463 e. The molecule has 3 amide bonds. The number of imide groups is 1. The van der Waals surface area contributed by atoms with Gasteiger partial charge in [0, 0.05) is 0 Å². The van der Waals surface area contributed by atoms with Gasteiger partial charge in [-0.05, 0) is 19.1 Å². The first-order valence-electron chi connectivity index (χ1n) is 5.03. The van der Waals surface area contributed by atoms with E-state index >= 15 is 0 Å². The fourth-order valence-corrected chi connectivity index (χ4v) is 1.27. The number of furan rings is 1. The van der Waals surface area contributed by atoms with Gasteiger partial charge in [-0.25, -0.2) is 9.18 Å². The Morgan fingerprint density at radius 1 is 1.61 bits per heavy atom. The van der Waals surface area contributed by atoms with Crippen LogP contribution >= 0.6 is 0 Å². The van der Waals surface area contributed by atoms with Crippen molar-refractivity contribution < 1.29 is 23.2 Å². The third-order valence-corrected chi connectivity index (χ3v) is 2.32. The Balaban J connectivity index is 2.03. The Hall–Kier alpha value is -2.38. The Morgan fingerprint density at radius 3 is 3.06 bits per heavy atom. The van der Waals surface area contributed by atoms with E-state index in [0.29, 0.717) is 5.76 Å². The highest BCUT2D eigenvalue weighted by Crippen LogP contribution is 2.20. The van der Waals surface area contributed by atoms with Gasteiger partial charge in [-0.2, -0.15) is 0 Å². The first-order chi connectivity index (χ1) is 8.50. The van der Waals surface area contributed by atoms with Crippen molar-refractivity contribution in [2.24, 2.45) is 5.16 Å².